The van der Waals surface area contributed by atoms with E-state index in [1.165, 1.54) is 0 Å². The van der Waals surface area contributed by atoms with Gasteiger partial charge in [-0.3, -0.25) is 9.59 Å². The van der Waals surface area contributed by atoms with Crippen LogP contribution in [0.4, 0.5) is 0 Å². The van der Waals surface area contributed by atoms with Gasteiger partial charge < -0.3 is 14.7 Å². The number of nitrogens with zero attached hydrogens (tertiary/aromatic N) is 3. The molecule has 7 nitrogen and oxygen atoms in total. The first-order valence-corrected chi connectivity index (χ1v) is 8.98. The van der Waals surface area contributed by atoms with E-state index in [9.17, 15) is 9.59 Å². The van der Waals surface area contributed by atoms with Crippen molar-refractivity contribution < 1.29 is 14.1 Å². The SMILES string of the molecule is Cc1nc(C(C)NC(=O)C2CCCN2C(=O)c2cc(Cl)cc(Cl)c2)no1. The van der Waals surface area contributed by atoms with E-state index in [0.29, 0.717) is 40.3 Å². The van der Waals surface area contributed by atoms with E-state index in [4.69, 9.17) is 27.7 Å². The Morgan fingerprint density at radius 1 is 1.31 bits per heavy atom. The lowest BCUT2D eigenvalue weighted by Crippen LogP contribution is -2.46. The number of carbonyl (C=O) groups excluding carboxylic acids is 2. The van der Waals surface area contributed by atoms with E-state index in [-0.39, 0.29) is 11.8 Å². The van der Waals surface area contributed by atoms with Crippen molar-refractivity contribution in [2.75, 3.05) is 6.54 Å². The summed E-state index contributed by atoms with van der Waals surface area (Å²) in [5, 5.41) is 7.40. The van der Waals surface area contributed by atoms with Crippen molar-refractivity contribution in [3.8, 4) is 0 Å². The zero-order valence-electron chi connectivity index (χ0n) is 14.3. The highest BCUT2D eigenvalue weighted by Crippen LogP contribution is 2.25. The highest BCUT2D eigenvalue weighted by Gasteiger charge is 2.35. The third-order valence-electron chi connectivity index (χ3n) is 4.22. The Balaban J connectivity index is 1.72. The number of rotatable bonds is 4. The number of amides is 2. The van der Waals surface area contributed by atoms with Gasteiger partial charge in [0.1, 0.15) is 6.04 Å². The molecule has 0 spiro atoms. The number of hydrogen-bond donors (Lipinski definition) is 1. The molecule has 0 saturated carbocycles. The first-order valence-electron chi connectivity index (χ1n) is 8.23. The molecule has 1 aromatic heterocycles. The molecule has 3 rings (SSSR count). The molecule has 26 heavy (non-hydrogen) atoms. The normalized spacial score (nSPS) is 18.0. The molecule has 2 atom stereocenters. The number of likely N-dealkylation sites (tertiary alicyclic amines) is 1. The summed E-state index contributed by atoms with van der Waals surface area (Å²) in [5.41, 5.74) is 0.365. The standard InChI is InChI=1S/C17H18Cl2N4O3/c1-9(15-21-10(2)26-22-15)20-16(24)14-4-3-5-23(14)17(25)11-6-12(18)8-13(19)7-11/h6-9,14H,3-5H2,1-2H3,(H,20,24). The highest BCUT2D eigenvalue weighted by atomic mass is 35.5. The molecule has 2 unspecified atom stereocenters. The Labute approximate surface area is 160 Å². The van der Waals surface area contributed by atoms with Gasteiger partial charge in [-0.15, -0.1) is 0 Å². The molecule has 1 saturated heterocycles. The van der Waals surface area contributed by atoms with Gasteiger partial charge in [-0.2, -0.15) is 4.98 Å². The van der Waals surface area contributed by atoms with Gasteiger partial charge in [0.25, 0.3) is 5.91 Å². The van der Waals surface area contributed by atoms with Gasteiger partial charge in [0, 0.05) is 29.1 Å². The third kappa shape index (κ3) is 3.99. The Morgan fingerprint density at radius 2 is 2.00 bits per heavy atom. The molecule has 2 amide bonds. The van der Waals surface area contributed by atoms with Gasteiger partial charge in [-0.25, -0.2) is 0 Å². The maximum absolute atomic E-state index is 12.8. The zero-order valence-corrected chi connectivity index (χ0v) is 15.8. The van der Waals surface area contributed by atoms with Crippen LogP contribution < -0.4 is 5.32 Å². The molecule has 1 N–H and O–H groups in total. The van der Waals surface area contributed by atoms with Crippen molar-refractivity contribution in [3.63, 3.8) is 0 Å². The minimum Gasteiger partial charge on any atom is -0.344 e. The van der Waals surface area contributed by atoms with Crippen molar-refractivity contribution >= 4 is 35.0 Å². The number of benzene rings is 1. The first-order chi connectivity index (χ1) is 12.3. The quantitative estimate of drug-likeness (QED) is 0.856. The second-order valence-electron chi connectivity index (χ2n) is 6.22. The van der Waals surface area contributed by atoms with E-state index in [1.54, 1.807) is 36.9 Å². The largest absolute Gasteiger partial charge is 0.344 e. The van der Waals surface area contributed by atoms with Gasteiger partial charge in [0.2, 0.25) is 11.8 Å². The van der Waals surface area contributed by atoms with Gasteiger partial charge in [-0.1, -0.05) is 28.4 Å². The Bertz CT molecular complexity index is 819. The summed E-state index contributed by atoms with van der Waals surface area (Å²) < 4.78 is 4.93. The number of halogens is 2. The van der Waals surface area contributed by atoms with Gasteiger partial charge in [0.05, 0.1) is 6.04 Å². The van der Waals surface area contributed by atoms with Crippen LogP contribution in [0.1, 0.15) is 47.9 Å². The second kappa shape index (κ2) is 7.63. The van der Waals surface area contributed by atoms with Crippen LogP contribution in [0.25, 0.3) is 0 Å². The van der Waals surface area contributed by atoms with Crippen molar-refractivity contribution in [2.45, 2.75) is 38.8 Å². The lowest BCUT2D eigenvalue weighted by atomic mass is 10.1. The molecule has 0 aliphatic carbocycles. The fourth-order valence-corrected chi connectivity index (χ4v) is 3.52. The zero-order chi connectivity index (χ0) is 18.8. The summed E-state index contributed by atoms with van der Waals surface area (Å²) >= 11 is 12.0. The number of hydrogen-bond acceptors (Lipinski definition) is 5. The molecular formula is C17H18Cl2N4O3. The molecule has 0 radical (unpaired) electrons. The number of aromatic nitrogens is 2. The van der Waals surface area contributed by atoms with Crippen LogP contribution in [0, 0.1) is 6.92 Å². The molecule has 2 heterocycles. The average molecular weight is 397 g/mol. The van der Waals surface area contributed by atoms with Gasteiger partial charge >= 0.3 is 0 Å². The summed E-state index contributed by atoms with van der Waals surface area (Å²) in [6, 6.07) is 3.68. The summed E-state index contributed by atoms with van der Waals surface area (Å²) in [6.07, 6.45) is 1.33. The van der Waals surface area contributed by atoms with Crippen LogP contribution in [-0.4, -0.2) is 39.4 Å². The minimum absolute atomic E-state index is 0.251. The monoisotopic (exact) mass is 396 g/mol. The number of nitrogens with one attached hydrogen (secondary N) is 1. The topological polar surface area (TPSA) is 88.3 Å². The van der Waals surface area contributed by atoms with Crippen LogP contribution in [0.2, 0.25) is 10.0 Å². The third-order valence-corrected chi connectivity index (χ3v) is 4.65. The summed E-state index contributed by atoms with van der Waals surface area (Å²) in [7, 11) is 0. The van der Waals surface area contributed by atoms with E-state index in [1.807, 2.05) is 0 Å². The molecular weight excluding hydrogens is 379 g/mol. The molecule has 138 valence electrons. The predicted molar refractivity (Wildman–Crippen MR) is 96.1 cm³/mol. The molecule has 1 aliphatic heterocycles. The molecule has 1 aromatic carbocycles. The second-order valence-corrected chi connectivity index (χ2v) is 7.09. The molecule has 1 aliphatic rings. The Morgan fingerprint density at radius 3 is 2.62 bits per heavy atom. The van der Waals surface area contributed by atoms with Crippen molar-refractivity contribution in [1.82, 2.24) is 20.4 Å². The lowest BCUT2D eigenvalue weighted by molar-refractivity contribution is -0.125. The minimum atomic E-state index is -0.560. The highest BCUT2D eigenvalue weighted by molar-refractivity contribution is 6.35. The van der Waals surface area contributed by atoms with Crippen molar-refractivity contribution in [2.24, 2.45) is 0 Å². The first kappa shape index (κ1) is 18.7. The van der Waals surface area contributed by atoms with E-state index >= 15 is 0 Å². The summed E-state index contributed by atoms with van der Waals surface area (Å²) in [5.74, 6) is 0.305. The smallest absolute Gasteiger partial charge is 0.254 e. The van der Waals surface area contributed by atoms with Crippen LogP contribution in [0.3, 0.4) is 0 Å². The van der Waals surface area contributed by atoms with Crippen LogP contribution in [-0.2, 0) is 4.79 Å². The van der Waals surface area contributed by atoms with Crippen LogP contribution in [0.15, 0.2) is 22.7 Å². The maximum Gasteiger partial charge on any atom is 0.254 e. The predicted octanol–water partition coefficient (Wildman–Crippen LogP) is 3.17. The van der Waals surface area contributed by atoms with E-state index in [2.05, 4.69) is 15.5 Å². The molecule has 2 aromatic rings. The van der Waals surface area contributed by atoms with Crippen LogP contribution >= 0.6 is 23.2 Å². The fraction of sp³-hybridized carbons (Fsp3) is 0.412. The Kier molecular flexibility index (Phi) is 5.48. The number of carbonyl (C=O) groups is 2. The Hall–Kier alpha value is -2.12. The van der Waals surface area contributed by atoms with Gasteiger partial charge in [0.15, 0.2) is 5.82 Å². The summed E-state index contributed by atoms with van der Waals surface area (Å²) in [6.45, 7) is 3.94. The molecule has 0 bridgehead atoms. The van der Waals surface area contributed by atoms with Gasteiger partial charge in [-0.05, 0) is 38.0 Å². The average Bonchev–Trinajstić information content (AvgIpc) is 3.22. The van der Waals surface area contributed by atoms with E-state index in [0.717, 1.165) is 6.42 Å². The molecule has 1 fully saturated rings. The van der Waals surface area contributed by atoms with E-state index < -0.39 is 12.1 Å². The molecule has 9 heteroatoms. The number of aryl methyl sites for hydroxylation is 1. The lowest BCUT2D eigenvalue weighted by Gasteiger charge is -2.25. The maximum atomic E-state index is 12.8. The summed E-state index contributed by atoms with van der Waals surface area (Å²) in [4.78, 5) is 31.1. The fourth-order valence-electron chi connectivity index (χ4n) is 2.99. The van der Waals surface area contributed by atoms with Crippen molar-refractivity contribution in [3.05, 3.63) is 45.5 Å². The van der Waals surface area contributed by atoms with Crippen molar-refractivity contribution in [1.29, 1.82) is 0 Å². The van der Waals surface area contributed by atoms with Crippen LogP contribution in [0.5, 0.6) is 0 Å².